The van der Waals surface area contributed by atoms with Crippen LogP contribution in [0.25, 0.3) is 0 Å². The first-order valence-corrected chi connectivity index (χ1v) is 6.50. The molecule has 2 aromatic rings. The van der Waals surface area contributed by atoms with Crippen molar-refractivity contribution in [3.63, 3.8) is 0 Å². The maximum absolute atomic E-state index is 5.80. The Morgan fingerprint density at radius 1 is 0.944 bits per heavy atom. The monoisotopic (exact) mass is 296 g/mol. The van der Waals surface area contributed by atoms with Gasteiger partial charge in [-0.3, -0.25) is 0 Å². The molecular formula is C14H10Cl2OS. The van der Waals surface area contributed by atoms with Gasteiger partial charge in [0.1, 0.15) is 11.5 Å². The summed E-state index contributed by atoms with van der Waals surface area (Å²) in [7, 11) is 0. The first-order chi connectivity index (χ1) is 8.63. The number of benzene rings is 2. The molecule has 0 N–H and O–H groups in total. The van der Waals surface area contributed by atoms with Crippen molar-refractivity contribution >= 4 is 39.7 Å². The van der Waals surface area contributed by atoms with E-state index in [4.69, 9.17) is 40.2 Å². The van der Waals surface area contributed by atoms with E-state index in [1.165, 1.54) is 0 Å². The number of halogens is 2. The van der Waals surface area contributed by atoms with Crippen LogP contribution < -0.4 is 4.74 Å². The quantitative estimate of drug-likeness (QED) is 0.563. The Hall–Kier alpha value is -1.09. The Morgan fingerprint density at radius 3 is 1.94 bits per heavy atom. The molecule has 0 unspecified atom stereocenters. The van der Waals surface area contributed by atoms with Gasteiger partial charge in [-0.1, -0.05) is 47.6 Å². The lowest BCUT2D eigenvalue weighted by Crippen LogP contribution is -1.91. The van der Waals surface area contributed by atoms with E-state index >= 15 is 0 Å². The molecule has 92 valence electrons. The summed E-state index contributed by atoms with van der Waals surface area (Å²) in [6, 6.07) is 14.9. The van der Waals surface area contributed by atoms with Crippen LogP contribution in [0.3, 0.4) is 0 Å². The van der Waals surface area contributed by atoms with Crippen LogP contribution >= 0.6 is 35.4 Å². The van der Waals surface area contributed by atoms with Crippen molar-refractivity contribution in [2.45, 2.75) is 6.42 Å². The van der Waals surface area contributed by atoms with E-state index in [2.05, 4.69) is 0 Å². The average Bonchev–Trinajstić information content (AvgIpc) is 2.34. The van der Waals surface area contributed by atoms with Crippen molar-refractivity contribution in [3.8, 4) is 11.5 Å². The van der Waals surface area contributed by atoms with Crippen LogP contribution in [0.5, 0.6) is 11.5 Å². The lowest BCUT2D eigenvalue weighted by molar-refractivity contribution is 0.482. The summed E-state index contributed by atoms with van der Waals surface area (Å²) in [5.41, 5.74) is 1.07. The SMILES string of the molecule is S=C(Cl)Cc1ccc(Oc2ccc(Cl)cc2)cc1. The van der Waals surface area contributed by atoms with E-state index in [1.54, 1.807) is 12.1 Å². The van der Waals surface area contributed by atoms with Crippen molar-refractivity contribution in [2.75, 3.05) is 0 Å². The van der Waals surface area contributed by atoms with Gasteiger partial charge in [0, 0.05) is 11.4 Å². The van der Waals surface area contributed by atoms with E-state index in [-0.39, 0.29) is 0 Å². The Kier molecular flexibility index (Phi) is 4.59. The smallest absolute Gasteiger partial charge is 0.127 e. The summed E-state index contributed by atoms with van der Waals surface area (Å²) < 4.78 is 6.13. The van der Waals surface area contributed by atoms with Crippen LogP contribution in [-0.2, 0) is 6.42 Å². The van der Waals surface area contributed by atoms with Gasteiger partial charge < -0.3 is 4.74 Å². The molecule has 0 aromatic heterocycles. The van der Waals surface area contributed by atoms with Gasteiger partial charge in [0.15, 0.2) is 0 Å². The first kappa shape index (κ1) is 13.3. The molecule has 0 radical (unpaired) electrons. The van der Waals surface area contributed by atoms with Crippen molar-refractivity contribution in [2.24, 2.45) is 0 Å². The lowest BCUT2D eigenvalue weighted by Gasteiger charge is -2.06. The van der Waals surface area contributed by atoms with Gasteiger partial charge in [0.05, 0.1) is 4.32 Å². The minimum Gasteiger partial charge on any atom is -0.457 e. The van der Waals surface area contributed by atoms with E-state index in [9.17, 15) is 0 Å². The second kappa shape index (κ2) is 6.19. The number of thiocarbonyl (C=S) groups is 1. The molecule has 0 heterocycles. The van der Waals surface area contributed by atoms with Crippen molar-refractivity contribution in [3.05, 3.63) is 59.1 Å². The van der Waals surface area contributed by atoms with Crippen LogP contribution in [0.15, 0.2) is 48.5 Å². The molecule has 0 amide bonds. The van der Waals surface area contributed by atoms with E-state index < -0.39 is 0 Å². The summed E-state index contributed by atoms with van der Waals surface area (Å²) in [5.74, 6) is 1.52. The normalized spacial score (nSPS) is 10.1. The zero-order valence-corrected chi connectivity index (χ0v) is 11.7. The Bertz CT molecular complexity index is 535. The van der Waals surface area contributed by atoms with E-state index in [1.807, 2.05) is 36.4 Å². The molecule has 0 saturated carbocycles. The highest BCUT2D eigenvalue weighted by Gasteiger charge is 1.99. The minimum absolute atomic E-state index is 0.460. The summed E-state index contributed by atoms with van der Waals surface area (Å²) in [5, 5.41) is 0.688. The van der Waals surface area contributed by atoms with Crippen LogP contribution in [-0.4, -0.2) is 4.32 Å². The number of hydrogen-bond donors (Lipinski definition) is 0. The topological polar surface area (TPSA) is 9.23 Å². The fraction of sp³-hybridized carbons (Fsp3) is 0.0714. The predicted molar refractivity (Wildman–Crippen MR) is 80.1 cm³/mol. The molecule has 18 heavy (non-hydrogen) atoms. The maximum Gasteiger partial charge on any atom is 0.127 e. The van der Waals surface area contributed by atoms with Crippen molar-refractivity contribution in [1.29, 1.82) is 0 Å². The third-order valence-electron chi connectivity index (χ3n) is 2.32. The average molecular weight is 297 g/mol. The third-order valence-corrected chi connectivity index (χ3v) is 2.85. The van der Waals surface area contributed by atoms with Gasteiger partial charge >= 0.3 is 0 Å². The molecule has 0 saturated heterocycles. The predicted octanol–water partition coefficient (Wildman–Crippen LogP) is 5.24. The van der Waals surface area contributed by atoms with Crippen molar-refractivity contribution in [1.82, 2.24) is 0 Å². The number of ether oxygens (including phenoxy) is 1. The van der Waals surface area contributed by atoms with Gasteiger partial charge in [-0.05, 0) is 42.0 Å². The maximum atomic E-state index is 5.80. The Balaban J connectivity index is 2.06. The zero-order chi connectivity index (χ0) is 13.0. The minimum atomic E-state index is 0.460. The number of rotatable bonds is 4. The second-order valence-corrected chi connectivity index (χ2v) is 5.34. The highest BCUT2D eigenvalue weighted by Crippen LogP contribution is 2.23. The molecule has 4 heteroatoms. The first-order valence-electron chi connectivity index (χ1n) is 5.34. The second-order valence-electron chi connectivity index (χ2n) is 3.73. The molecule has 0 atom stereocenters. The standard InChI is InChI=1S/C14H10Cl2OS/c15-11-3-7-13(8-4-11)17-12-5-1-10(2-6-12)9-14(16)18/h1-8H,9H2. The molecular weight excluding hydrogens is 287 g/mol. The van der Waals surface area contributed by atoms with Crippen LogP contribution in [0, 0.1) is 0 Å². The van der Waals surface area contributed by atoms with E-state index in [0.29, 0.717) is 15.8 Å². The van der Waals surface area contributed by atoms with Crippen LogP contribution in [0.4, 0.5) is 0 Å². The Morgan fingerprint density at radius 2 is 1.44 bits per heavy atom. The largest absolute Gasteiger partial charge is 0.457 e. The molecule has 2 rings (SSSR count). The van der Waals surface area contributed by atoms with Crippen molar-refractivity contribution < 1.29 is 4.74 Å². The molecule has 0 aliphatic heterocycles. The molecule has 0 fully saturated rings. The highest BCUT2D eigenvalue weighted by atomic mass is 35.5. The van der Waals surface area contributed by atoms with Gasteiger partial charge in [-0.2, -0.15) is 0 Å². The fourth-order valence-corrected chi connectivity index (χ4v) is 1.92. The molecule has 0 bridgehead atoms. The van der Waals surface area contributed by atoms with Gasteiger partial charge in [-0.25, -0.2) is 0 Å². The number of hydrogen-bond acceptors (Lipinski definition) is 2. The molecule has 2 aromatic carbocycles. The van der Waals surface area contributed by atoms with Gasteiger partial charge in [-0.15, -0.1) is 0 Å². The molecule has 0 spiro atoms. The molecule has 1 nitrogen and oxygen atoms in total. The fourth-order valence-electron chi connectivity index (χ4n) is 1.47. The van der Waals surface area contributed by atoms with Crippen LogP contribution in [0.1, 0.15) is 5.56 Å². The Labute approximate surface area is 121 Å². The summed E-state index contributed by atoms with van der Waals surface area (Å²) in [4.78, 5) is 0. The van der Waals surface area contributed by atoms with Gasteiger partial charge in [0.25, 0.3) is 0 Å². The lowest BCUT2D eigenvalue weighted by atomic mass is 10.2. The molecule has 0 aliphatic rings. The van der Waals surface area contributed by atoms with E-state index in [0.717, 1.165) is 17.1 Å². The summed E-state index contributed by atoms with van der Waals surface area (Å²) in [6.07, 6.45) is 0.595. The molecule has 0 aliphatic carbocycles. The summed E-state index contributed by atoms with van der Waals surface area (Å²) >= 11 is 16.3. The third kappa shape index (κ3) is 3.98. The summed E-state index contributed by atoms with van der Waals surface area (Å²) in [6.45, 7) is 0. The van der Waals surface area contributed by atoms with Gasteiger partial charge in [0.2, 0.25) is 0 Å². The van der Waals surface area contributed by atoms with Crippen LogP contribution in [0.2, 0.25) is 5.02 Å². The highest BCUT2D eigenvalue weighted by molar-refractivity contribution is 7.83. The zero-order valence-electron chi connectivity index (χ0n) is 9.40.